The minimum atomic E-state index is -0.210. The summed E-state index contributed by atoms with van der Waals surface area (Å²) in [6.45, 7) is 1.97. The number of carbonyl (C=O) groups is 1. The van der Waals surface area contributed by atoms with Gasteiger partial charge in [0.15, 0.2) is 0 Å². The number of nitrogens with zero attached hydrogens (tertiary/aromatic N) is 1. The fourth-order valence-corrected chi connectivity index (χ4v) is 4.14. The SMILES string of the molecule is O=C(CN1CCC[C@@H]1Cc1ccc(F)cc1)N[C@@H]1CCOc2ccccc21. The Morgan fingerprint density at radius 3 is 2.81 bits per heavy atom. The van der Waals surface area contributed by atoms with Gasteiger partial charge in [0, 0.05) is 18.0 Å². The van der Waals surface area contributed by atoms with Crippen molar-refractivity contribution in [2.45, 2.75) is 37.8 Å². The molecule has 5 heteroatoms. The van der Waals surface area contributed by atoms with Gasteiger partial charge in [0.25, 0.3) is 0 Å². The zero-order valence-electron chi connectivity index (χ0n) is 15.4. The summed E-state index contributed by atoms with van der Waals surface area (Å²) < 4.78 is 18.8. The summed E-state index contributed by atoms with van der Waals surface area (Å²) >= 11 is 0. The molecular weight excluding hydrogens is 343 g/mol. The van der Waals surface area contributed by atoms with Crippen LogP contribution in [-0.2, 0) is 11.2 Å². The molecule has 142 valence electrons. The second kappa shape index (κ2) is 8.09. The van der Waals surface area contributed by atoms with Gasteiger partial charge >= 0.3 is 0 Å². The first-order valence-corrected chi connectivity index (χ1v) is 9.68. The Bertz CT molecular complexity index is 793. The first kappa shape index (κ1) is 18.0. The average molecular weight is 368 g/mol. The van der Waals surface area contributed by atoms with Crippen LogP contribution in [0.2, 0.25) is 0 Å². The first-order chi connectivity index (χ1) is 13.2. The first-order valence-electron chi connectivity index (χ1n) is 9.68. The minimum Gasteiger partial charge on any atom is -0.493 e. The number of rotatable bonds is 5. The Morgan fingerprint density at radius 2 is 1.96 bits per heavy atom. The molecule has 0 unspecified atom stereocenters. The zero-order valence-corrected chi connectivity index (χ0v) is 15.4. The Morgan fingerprint density at radius 1 is 1.15 bits per heavy atom. The molecule has 0 spiro atoms. The van der Waals surface area contributed by atoms with Gasteiger partial charge in [0.1, 0.15) is 11.6 Å². The van der Waals surface area contributed by atoms with Crippen molar-refractivity contribution in [3.8, 4) is 5.75 Å². The van der Waals surface area contributed by atoms with Crippen molar-refractivity contribution in [1.29, 1.82) is 0 Å². The van der Waals surface area contributed by atoms with E-state index in [-0.39, 0.29) is 17.8 Å². The number of amides is 1. The molecule has 1 saturated heterocycles. The molecule has 2 aromatic carbocycles. The van der Waals surface area contributed by atoms with Crippen LogP contribution < -0.4 is 10.1 Å². The van der Waals surface area contributed by atoms with Gasteiger partial charge in [-0.15, -0.1) is 0 Å². The van der Waals surface area contributed by atoms with Gasteiger partial charge in [-0.05, 0) is 49.6 Å². The van der Waals surface area contributed by atoms with Gasteiger partial charge in [-0.2, -0.15) is 0 Å². The largest absolute Gasteiger partial charge is 0.493 e. The van der Waals surface area contributed by atoms with Gasteiger partial charge in [-0.25, -0.2) is 4.39 Å². The van der Waals surface area contributed by atoms with Crippen molar-refractivity contribution >= 4 is 5.91 Å². The monoisotopic (exact) mass is 368 g/mol. The van der Waals surface area contributed by atoms with Crippen LogP contribution >= 0.6 is 0 Å². The number of para-hydroxylation sites is 1. The normalized spacial score (nSPS) is 22.1. The molecule has 0 bridgehead atoms. The number of likely N-dealkylation sites (tertiary alicyclic amines) is 1. The predicted molar refractivity (Wildman–Crippen MR) is 102 cm³/mol. The highest BCUT2D eigenvalue weighted by Crippen LogP contribution is 2.31. The zero-order chi connectivity index (χ0) is 18.6. The van der Waals surface area contributed by atoms with E-state index in [1.165, 1.54) is 12.1 Å². The number of ether oxygens (including phenoxy) is 1. The third-order valence-corrected chi connectivity index (χ3v) is 5.52. The smallest absolute Gasteiger partial charge is 0.234 e. The van der Waals surface area contributed by atoms with Gasteiger partial charge < -0.3 is 10.1 Å². The topological polar surface area (TPSA) is 41.6 Å². The summed E-state index contributed by atoms with van der Waals surface area (Å²) in [5.41, 5.74) is 2.17. The highest BCUT2D eigenvalue weighted by molar-refractivity contribution is 5.78. The van der Waals surface area contributed by atoms with Crippen LogP contribution in [-0.4, -0.2) is 36.5 Å². The van der Waals surface area contributed by atoms with Crippen LogP contribution in [0.15, 0.2) is 48.5 Å². The number of fused-ring (bicyclic) bond motifs is 1. The molecule has 0 saturated carbocycles. The fraction of sp³-hybridized carbons (Fsp3) is 0.409. The molecule has 2 aliphatic heterocycles. The standard InChI is InChI=1S/C22H25FN2O2/c23-17-9-7-16(8-10-17)14-18-4-3-12-25(18)15-22(26)24-20-11-13-27-21-6-2-1-5-19(20)21/h1-2,5-10,18,20H,3-4,11-15H2,(H,24,26)/t18-,20-/m1/s1. The van der Waals surface area contributed by atoms with E-state index in [0.29, 0.717) is 19.2 Å². The Hall–Kier alpha value is -2.40. The molecule has 0 aliphatic carbocycles. The maximum atomic E-state index is 13.1. The number of carbonyl (C=O) groups excluding carboxylic acids is 1. The number of benzene rings is 2. The second-order valence-corrected chi connectivity index (χ2v) is 7.39. The van der Waals surface area contributed by atoms with Crippen LogP contribution in [0.5, 0.6) is 5.75 Å². The lowest BCUT2D eigenvalue weighted by Gasteiger charge is -2.29. The lowest BCUT2D eigenvalue weighted by atomic mass is 10.0. The van der Waals surface area contributed by atoms with E-state index in [1.54, 1.807) is 0 Å². The van der Waals surface area contributed by atoms with E-state index in [2.05, 4.69) is 10.2 Å². The molecule has 0 aromatic heterocycles. The van der Waals surface area contributed by atoms with Crippen molar-refractivity contribution in [3.05, 3.63) is 65.5 Å². The number of nitrogens with one attached hydrogen (secondary N) is 1. The van der Waals surface area contributed by atoms with Crippen molar-refractivity contribution in [2.24, 2.45) is 0 Å². The van der Waals surface area contributed by atoms with Crippen LogP contribution in [0.3, 0.4) is 0 Å². The van der Waals surface area contributed by atoms with Gasteiger partial charge in [-0.3, -0.25) is 9.69 Å². The van der Waals surface area contributed by atoms with Crippen LogP contribution in [0.25, 0.3) is 0 Å². The van der Waals surface area contributed by atoms with Gasteiger partial charge in [0.05, 0.1) is 19.2 Å². The second-order valence-electron chi connectivity index (χ2n) is 7.39. The molecule has 27 heavy (non-hydrogen) atoms. The molecule has 1 N–H and O–H groups in total. The lowest BCUT2D eigenvalue weighted by molar-refractivity contribution is -0.123. The van der Waals surface area contributed by atoms with Gasteiger partial charge in [0.2, 0.25) is 5.91 Å². The Labute approximate surface area is 159 Å². The van der Waals surface area contributed by atoms with E-state index >= 15 is 0 Å². The fourth-order valence-electron chi connectivity index (χ4n) is 4.14. The molecule has 4 rings (SSSR count). The van der Waals surface area contributed by atoms with Crippen molar-refractivity contribution in [1.82, 2.24) is 10.2 Å². The molecule has 2 heterocycles. The Kier molecular flexibility index (Phi) is 5.39. The number of hydrogen-bond donors (Lipinski definition) is 1. The maximum Gasteiger partial charge on any atom is 0.234 e. The summed E-state index contributed by atoms with van der Waals surface area (Å²) in [6, 6.07) is 14.9. The highest BCUT2D eigenvalue weighted by Gasteiger charge is 2.28. The Balaban J connectivity index is 1.35. The molecule has 0 radical (unpaired) electrons. The quantitative estimate of drug-likeness (QED) is 0.879. The van der Waals surface area contributed by atoms with Crippen molar-refractivity contribution in [3.63, 3.8) is 0 Å². The maximum absolute atomic E-state index is 13.1. The highest BCUT2D eigenvalue weighted by atomic mass is 19.1. The number of hydrogen-bond acceptors (Lipinski definition) is 3. The van der Waals surface area contributed by atoms with E-state index in [1.807, 2.05) is 36.4 Å². The summed E-state index contributed by atoms with van der Waals surface area (Å²) in [5.74, 6) is 0.713. The van der Waals surface area contributed by atoms with E-state index in [9.17, 15) is 9.18 Å². The van der Waals surface area contributed by atoms with Crippen molar-refractivity contribution in [2.75, 3.05) is 19.7 Å². The molecule has 2 atom stereocenters. The van der Waals surface area contributed by atoms with Crippen LogP contribution in [0.4, 0.5) is 4.39 Å². The van der Waals surface area contributed by atoms with E-state index in [4.69, 9.17) is 4.74 Å². The summed E-state index contributed by atoms with van der Waals surface area (Å²) in [6.07, 6.45) is 3.82. The summed E-state index contributed by atoms with van der Waals surface area (Å²) in [7, 11) is 0. The molecule has 2 aliphatic rings. The van der Waals surface area contributed by atoms with Crippen LogP contribution in [0, 0.1) is 5.82 Å². The van der Waals surface area contributed by atoms with Gasteiger partial charge in [-0.1, -0.05) is 30.3 Å². The van der Waals surface area contributed by atoms with Crippen molar-refractivity contribution < 1.29 is 13.9 Å². The molecule has 1 amide bonds. The summed E-state index contributed by atoms with van der Waals surface area (Å²) in [5, 5.41) is 3.18. The third-order valence-electron chi connectivity index (χ3n) is 5.52. The lowest BCUT2D eigenvalue weighted by Crippen LogP contribution is -2.42. The minimum absolute atomic E-state index is 0.0144. The predicted octanol–water partition coefficient (Wildman–Crippen LogP) is 3.47. The van der Waals surface area contributed by atoms with Crippen LogP contribution in [0.1, 0.15) is 36.4 Å². The third kappa shape index (κ3) is 4.30. The van der Waals surface area contributed by atoms with E-state index < -0.39 is 0 Å². The summed E-state index contributed by atoms with van der Waals surface area (Å²) in [4.78, 5) is 14.9. The number of halogens is 1. The molecule has 4 nitrogen and oxygen atoms in total. The van der Waals surface area contributed by atoms with E-state index in [0.717, 1.165) is 49.1 Å². The molecule has 1 fully saturated rings. The molecular formula is C22H25FN2O2. The average Bonchev–Trinajstić information content (AvgIpc) is 3.10. The molecule has 2 aromatic rings.